The van der Waals surface area contributed by atoms with E-state index in [2.05, 4.69) is 10.3 Å². The molecule has 7 heteroatoms. The molecule has 2 N–H and O–H groups in total. The molecule has 3 rings (SSSR count). The molecule has 3 nitrogen and oxygen atoms in total. The molecule has 0 amide bonds. The first kappa shape index (κ1) is 16.5. The van der Waals surface area contributed by atoms with E-state index in [9.17, 15) is 18.3 Å². The van der Waals surface area contributed by atoms with Crippen molar-refractivity contribution in [3.8, 4) is 0 Å². The number of piperidine rings is 1. The summed E-state index contributed by atoms with van der Waals surface area (Å²) in [5.74, 6) is 0. The second-order valence-electron chi connectivity index (χ2n) is 5.73. The van der Waals surface area contributed by atoms with Crippen LogP contribution in [0.25, 0.3) is 10.9 Å². The van der Waals surface area contributed by atoms with Gasteiger partial charge in [-0.2, -0.15) is 13.2 Å². The van der Waals surface area contributed by atoms with E-state index in [0.29, 0.717) is 23.9 Å². The fourth-order valence-corrected chi connectivity index (χ4v) is 3.34. The summed E-state index contributed by atoms with van der Waals surface area (Å²) in [5, 5.41) is 14.1. The van der Waals surface area contributed by atoms with Gasteiger partial charge in [0.2, 0.25) is 0 Å². The summed E-state index contributed by atoms with van der Waals surface area (Å²) in [4.78, 5) is 3.87. The van der Waals surface area contributed by atoms with Crippen LogP contribution in [0.4, 0.5) is 13.2 Å². The van der Waals surface area contributed by atoms with Crippen LogP contribution in [0.1, 0.15) is 30.1 Å². The van der Waals surface area contributed by atoms with Gasteiger partial charge in [0.05, 0.1) is 17.2 Å². The van der Waals surface area contributed by atoms with Gasteiger partial charge in [-0.15, -0.1) is 11.6 Å². The molecule has 3 atom stereocenters. The summed E-state index contributed by atoms with van der Waals surface area (Å²) >= 11 is 6.13. The molecule has 0 aliphatic carbocycles. The number of alkyl halides is 4. The summed E-state index contributed by atoms with van der Waals surface area (Å²) in [6, 6.07) is 5.16. The molecule has 2 aromatic rings. The molecule has 1 fully saturated rings. The first-order valence-electron chi connectivity index (χ1n) is 7.38. The molecule has 23 heavy (non-hydrogen) atoms. The number of benzene rings is 1. The number of aliphatic hydroxyl groups is 1. The number of rotatable bonds is 2. The van der Waals surface area contributed by atoms with Crippen molar-refractivity contribution in [1.29, 1.82) is 0 Å². The molecule has 1 aromatic carbocycles. The van der Waals surface area contributed by atoms with Crippen LogP contribution in [0.15, 0.2) is 30.5 Å². The predicted octanol–water partition coefficient (Wildman–Crippen LogP) is 3.65. The number of aromatic nitrogens is 1. The first-order valence-corrected chi connectivity index (χ1v) is 7.82. The van der Waals surface area contributed by atoms with Crippen molar-refractivity contribution in [3.63, 3.8) is 0 Å². The lowest BCUT2D eigenvalue weighted by Crippen LogP contribution is -2.42. The molecule has 0 spiro atoms. The molecular formula is C16H16ClF3N2O. The molecule has 1 aromatic heterocycles. The SMILES string of the molecule is OC(c1ccnc2c(C(F)(F)F)cccc12)C1CC(Cl)CCN1. The Labute approximate surface area is 136 Å². The third kappa shape index (κ3) is 3.29. The Kier molecular flexibility index (Phi) is 4.49. The van der Waals surface area contributed by atoms with Crippen molar-refractivity contribution >= 4 is 22.5 Å². The van der Waals surface area contributed by atoms with Gasteiger partial charge in [0.15, 0.2) is 0 Å². The molecule has 3 unspecified atom stereocenters. The molecule has 1 saturated heterocycles. The molecule has 124 valence electrons. The van der Waals surface area contributed by atoms with E-state index in [4.69, 9.17) is 11.6 Å². The second kappa shape index (κ2) is 6.26. The Morgan fingerprint density at radius 3 is 2.78 bits per heavy atom. The number of nitrogens with one attached hydrogen (secondary N) is 1. The first-order chi connectivity index (χ1) is 10.9. The minimum absolute atomic E-state index is 0.0465. The Balaban J connectivity index is 2.04. The number of pyridine rings is 1. The van der Waals surface area contributed by atoms with Gasteiger partial charge in [-0.1, -0.05) is 12.1 Å². The van der Waals surface area contributed by atoms with Crippen LogP contribution in [0, 0.1) is 0 Å². The maximum atomic E-state index is 13.1. The average molecular weight is 345 g/mol. The normalized spacial score (nSPS) is 23.9. The third-order valence-corrected chi connectivity index (χ3v) is 4.58. The van der Waals surface area contributed by atoms with E-state index in [1.165, 1.54) is 12.3 Å². The fraction of sp³-hybridized carbons (Fsp3) is 0.438. The van der Waals surface area contributed by atoms with Crippen LogP contribution < -0.4 is 5.32 Å². The van der Waals surface area contributed by atoms with Crippen molar-refractivity contribution in [2.75, 3.05) is 6.54 Å². The van der Waals surface area contributed by atoms with Crippen molar-refractivity contribution in [3.05, 3.63) is 41.6 Å². The fourth-order valence-electron chi connectivity index (χ4n) is 3.04. The lowest BCUT2D eigenvalue weighted by atomic mass is 9.92. The van der Waals surface area contributed by atoms with E-state index < -0.39 is 17.8 Å². The van der Waals surface area contributed by atoms with E-state index >= 15 is 0 Å². The van der Waals surface area contributed by atoms with Crippen molar-refractivity contribution in [1.82, 2.24) is 10.3 Å². The number of aliphatic hydroxyl groups excluding tert-OH is 1. The lowest BCUT2D eigenvalue weighted by molar-refractivity contribution is -0.136. The largest absolute Gasteiger partial charge is 0.418 e. The number of fused-ring (bicyclic) bond motifs is 1. The molecule has 1 aliphatic heterocycles. The average Bonchev–Trinajstić information content (AvgIpc) is 2.52. The summed E-state index contributed by atoms with van der Waals surface area (Å²) in [6.45, 7) is 0.673. The van der Waals surface area contributed by atoms with E-state index in [1.807, 2.05) is 0 Å². The van der Waals surface area contributed by atoms with Crippen molar-refractivity contribution in [2.24, 2.45) is 0 Å². The standard InChI is InChI=1S/C16H16ClF3N2O/c17-9-4-6-21-13(8-9)15(23)11-5-7-22-14-10(11)2-1-3-12(14)16(18,19)20/h1-3,5,7,9,13,15,21,23H,4,6,8H2. The number of hydrogen-bond acceptors (Lipinski definition) is 3. The highest BCUT2D eigenvalue weighted by Crippen LogP contribution is 2.36. The maximum absolute atomic E-state index is 13.1. The van der Waals surface area contributed by atoms with Gasteiger partial charge >= 0.3 is 6.18 Å². The molecule has 2 heterocycles. The topological polar surface area (TPSA) is 45.2 Å². The van der Waals surface area contributed by atoms with E-state index in [-0.39, 0.29) is 16.9 Å². The molecule has 0 saturated carbocycles. The molecular weight excluding hydrogens is 329 g/mol. The number of hydrogen-bond donors (Lipinski definition) is 2. The minimum atomic E-state index is -4.49. The lowest BCUT2D eigenvalue weighted by Gasteiger charge is -2.31. The van der Waals surface area contributed by atoms with Crippen LogP contribution in [-0.2, 0) is 6.18 Å². The third-order valence-electron chi connectivity index (χ3n) is 4.18. The summed E-state index contributed by atoms with van der Waals surface area (Å²) in [5.41, 5.74) is -0.505. The van der Waals surface area contributed by atoms with E-state index in [0.717, 1.165) is 12.5 Å². The van der Waals surface area contributed by atoms with Crippen LogP contribution in [-0.4, -0.2) is 28.1 Å². The number of halogens is 4. The van der Waals surface area contributed by atoms with Gasteiger partial charge in [-0.25, -0.2) is 0 Å². The van der Waals surface area contributed by atoms with Gasteiger partial charge in [0, 0.05) is 23.0 Å². The smallest absolute Gasteiger partial charge is 0.387 e. The van der Waals surface area contributed by atoms with Crippen LogP contribution >= 0.6 is 11.6 Å². The monoisotopic (exact) mass is 344 g/mol. The second-order valence-corrected chi connectivity index (χ2v) is 6.34. The molecule has 1 aliphatic rings. The van der Waals surface area contributed by atoms with Crippen molar-refractivity contribution in [2.45, 2.75) is 36.5 Å². The van der Waals surface area contributed by atoms with E-state index in [1.54, 1.807) is 12.1 Å². The maximum Gasteiger partial charge on any atom is 0.418 e. The Morgan fingerprint density at radius 1 is 1.30 bits per heavy atom. The summed E-state index contributed by atoms with van der Waals surface area (Å²) in [7, 11) is 0. The van der Waals surface area contributed by atoms with Gasteiger partial charge in [-0.3, -0.25) is 4.98 Å². The van der Waals surface area contributed by atoms with Gasteiger partial charge < -0.3 is 10.4 Å². The minimum Gasteiger partial charge on any atom is -0.387 e. The Bertz CT molecular complexity index is 707. The van der Waals surface area contributed by atoms with Crippen LogP contribution in [0.2, 0.25) is 0 Å². The van der Waals surface area contributed by atoms with Gasteiger partial charge in [0.25, 0.3) is 0 Å². The zero-order valence-electron chi connectivity index (χ0n) is 12.1. The molecule has 0 radical (unpaired) electrons. The van der Waals surface area contributed by atoms with Crippen LogP contribution in [0.3, 0.4) is 0 Å². The highest BCUT2D eigenvalue weighted by atomic mass is 35.5. The number of para-hydroxylation sites is 1. The Morgan fingerprint density at radius 2 is 2.09 bits per heavy atom. The predicted molar refractivity (Wildman–Crippen MR) is 82.4 cm³/mol. The summed E-state index contributed by atoms with van der Waals surface area (Å²) < 4.78 is 39.4. The van der Waals surface area contributed by atoms with Gasteiger partial charge in [-0.05, 0) is 37.1 Å². The number of nitrogens with zero attached hydrogens (tertiary/aromatic N) is 1. The zero-order valence-corrected chi connectivity index (χ0v) is 12.9. The Hall–Kier alpha value is -1.37. The quantitative estimate of drug-likeness (QED) is 0.817. The highest BCUT2D eigenvalue weighted by molar-refractivity contribution is 6.20. The highest BCUT2D eigenvalue weighted by Gasteiger charge is 2.34. The zero-order chi connectivity index (χ0) is 16.6. The van der Waals surface area contributed by atoms with Gasteiger partial charge in [0.1, 0.15) is 0 Å². The molecule has 0 bridgehead atoms. The van der Waals surface area contributed by atoms with Crippen LogP contribution in [0.5, 0.6) is 0 Å². The van der Waals surface area contributed by atoms with Crippen molar-refractivity contribution < 1.29 is 18.3 Å². The summed E-state index contributed by atoms with van der Waals surface area (Å²) in [6.07, 6.45) is -2.76.